The van der Waals surface area contributed by atoms with E-state index in [1.165, 1.54) is 10.9 Å². The zero-order chi connectivity index (χ0) is 17.2. The molecule has 3 aromatic heterocycles. The quantitative estimate of drug-likeness (QED) is 0.571. The van der Waals surface area contributed by atoms with Gasteiger partial charge in [-0.15, -0.1) is 0 Å². The average molecular weight is 333 g/mol. The van der Waals surface area contributed by atoms with Crippen LogP contribution >= 0.6 is 0 Å². The second-order valence-corrected chi connectivity index (χ2v) is 5.47. The highest BCUT2D eigenvalue weighted by atomic mass is 16.5. The Morgan fingerprint density at radius 3 is 2.64 bits per heavy atom. The molecule has 4 aromatic rings. The van der Waals surface area contributed by atoms with Crippen molar-refractivity contribution in [3.8, 4) is 11.6 Å². The molecular formula is C18H15N5O2. The highest BCUT2D eigenvalue weighted by molar-refractivity contribution is 5.71. The van der Waals surface area contributed by atoms with E-state index in [0.717, 1.165) is 5.69 Å². The number of rotatable bonds is 4. The maximum Gasteiger partial charge on any atom is 0.281 e. The first kappa shape index (κ1) is 15.1. The molecule has 0 bridgehead atoms. The summed E-state index contributed by atoms with van der Waals surface area (Å²) < 4.78 is 8.40. The van der Waals surface area contributed by atoms with Gasteiger partial charge in [-0.25, -0.2) is 15.0 Å². The van der Waals surface area contributed by atoms with Crippen molar-refractivity contribution in [1.82, 2.24) is 24.1 Å². The second kappa shape index (κ2) is 6.20. The lowest BCUT2D eigenvalue weighted by atomic mass is 10.3. The second-order valence-electron chi connectivity index (χ2n) is 5.47. The lowest BCUT2D eigenvalue weighted by molar-refractivity contribution is 0.396. The summed E-state index contributed by atoms with van der Waals surface area (Å²) in [5, 5.41) is 0. The summed E-state index contributed by atoms with van der Waals surface area (Å²) in [5.74, 6) is 0.507. The lowest BCUT2D eigenvalue weighted by Crippen LogP contribution is -2.22. The van der Waals surface area contributed by atoms with Crippen LogP contribution in [0.15, 0.2) is 66.0 Å². The maximum atomic E-state index is 12.7. The Morgan fingerprint density at radius 2 is 1.84 bits per heavy atom. The van der Waals surface area contributed by atoms with E-state index in [-0.39, 0.29) is 5.56 Å². The predicted molar refractivity (Wildman–Crippen MR) is 93.0 cm³/mol. The molecule has 0 fully saturated rings. The minimum atomic E-state index is -0.204. The Bertz CT molecular complexity index is 1090. The third-order valence-corrected chi connectivity index (χ3v) is 3.88. The first-order valence-corrected chi connectivity index (χ1v) is 7.74. The van der Waals surface area contributed by atoms with Gasteiger partial charge >= 0.3 is 0 Å². The number of ether oxygens (including phenoxy) is 1. The third kappa shape index (κ3) is 2.76. The van der Waals surface area contributed by atoms with Crippen LogP contribution in [0.3, 0.4) is 0 Å². The Labute approximate surface area is 143 Å². The molecule has 3 heterocycles. The van der Waals surface area contributed by atoms with Crippen LogP contribution in [0.2, 0.25) is 0 Å². The molecule has 0 aliphatic carbocycles. The highest BCUT2D eigenvalue weighted by Gasteiger charge is 2.12. The number of benzene rings is 1. The van der Waals surface area contributed by atoms with Crippen molar-refractivity contribution in [3.63, 3.8) is 0 Å². The monoisotopic (exact) mass is 333 g/mol. The summed E-state index contributed by atoms with van der Waals surface area (Å²) >= 11 is 0. The van der Waals surface area contributed by atoms with Gasteiger partial charge in [0, 0.05) is 11.8 Å². The van der Waals surface area contributed by atoms with Crippen molar-refractivity contribution >= 4 is 11.2 Å². The van der Waals surface area contributed by atoms with E-state index in [1.54, 1.807) is 24.1 Å². The van der Waals surface area contributed by atoms with Crippen LogP contribution in [0.4, 0.5) is 0 Å². The largest absolute Gasteiger partial charge is 0.481 e. The number of hydrogen-bond donors (Lipinski definition) is 0. The summed E-state index contributed by atoms with van der Waals surface area (Å²) in [6.45, 7) is 0.303. The van der Waals surface area contributed by atoms with E-state index in [0.29, 0.717) is 29.3 Å². The highest BCUT2D eigenvalue weighted by Crippen LogP contribution is 2.13. The molecule has 1 aromatic carbocycles. The van der Waals surface area contributed by atoms with E-state index >= 15 is 0 Å². The van der Waals surface area contributed by atoms with Gasteiger partial charge in [-0.1, -0.05) is 24.3 Å². The summed E-state index contributed by atoms with van der Waals surface area (Å²) in [7, 11) is 1.56. The van der Waals surface area contributed by atoms with Crippen LogP contribution in [-0.4, -0.2) is 31.2 Å². The van der Waals surface area contributed by atoms with Crippen molar-refractivity contribution in [1.29, 1.82) is 0 Å². The maximum absolute atomic E-state index is 12.7. The van der Waals surface area contributed by atoms with Crippen molar-refractivity contribution in [2.24, 2.45) is 0 Å². The summed E-state index contributed by atoms with van der Waals surface area (Å²) in [6.07, 6.45) is 3.13. The SMILES string of the molecule is COc1cccc(Cn2cnc3c(ncn3-c3ccccc3)c2=O)n1. The molecule has 7 heteroatoms. The molecule has 0 aliphatic rings. The normalized spacial score (nSPS) is 10.9. The van der Waals surface area contributed by atoms with Crippen molar-refractivity contribution in [3.05, 3.63) is 77.2 Å². The van der Waals surface area contributed by atoms with Crippen molar-refractivity contribution in [2.45, 2.75) is 6.54 Å². The van der Waals surface area contributed by atoms with E-state index in [1.807, 2.05) is 42.5 Å². The van der Waals surface area contributed by atoms with Crippen LogP contribution in [0.25, 0.3) is 16.9 Å². The predicted octanol–water partition coefficient (Wildman–Crippen LogP) is 2.03. The number of para-hydroxylation sites is 1. The number of nitrogens with zero attached hydrogens (tertiary/aromatic N) is 5. The number of imidazole rings is 1. The average Bonchev–Trinajstić information content (AvgIpc) is 3.10. The summed E-state index contributed by atoms with van der Waals surface area (Å²) in [5.41, 5.74) is 2.28. The first-order valence-electron chi connectivity index (χ1n) is 7.74. The minimum absolute atomic E-state index is 0.204. The van der Waals surface area contributed by atoms with Gasteiger partial charge in [-0.3, -0.25) is 13.9 Å². The van der Waals surface area contributed by atoms with Gasteiger partial charge in [0.1, 0.15) is 12.7 Å². The number of aromatic nitrogens is 5. The summed E-state index contributed by atoms with van der Waals surface area (Å²) in [6, 6.07) is 15.1. The van der Waals surface area contributed by atoms with Gasteiger partial charge in [0.2, 0.25) is 5.88 Å². The van der Waals surface area contributed by atoms with E-state index in [4.69, 9.17) is 4.74 Å². The Morgan fingerprint density at radius 1 is 1.00 bits per heavy atom. The zero-order valence-corrected chi connectivity index (χ0v) is 13.5. The zero-order valence-electron chi connectivity index (χ0n) is 13.5. The van der Waals surface area contributed by atoms with Gasteiger partial charge in [-0.2, -0.15) is 0 Å². The Hall–Kier alpha value is -3.48. The number of fused-ring (bicyclic) bond motifs is 1. The molecule has 0 aliphatic heterocycles. The molecule has 7 nitrogen and oxygen atoms in total. The standard InChI is InChI=1S/C18H15N5O2/c1-25-15-9-5-6-13(21-15)10-22-11-20-17-16(18(22)24)19-12-23(17)14-7-3-2-4-8-14/h2-9,11-12H,10H2,1H3. The topological polar surface area (TPSA) is 74.8 Å². The number of hydrogen-bond acceptors (Lipinski definition) is 5. The van der Waals surface area contributed by atoms with Gasteiger partial charge < -0.3 is 4.74 Å². The van der Waals surface area contributed by atoms with Crippen LogP contribution in [0.5, 0.6) is 5.88 Å². The van der Waals surface area contributed by atoms with E-state index < -0.39 is 0 Å². The molecule has 0 atom stereocenters. The number of methoxy groups -OCH3 is 1. The molecule has 25 heavy (non-hydrogen) atoms. The van der Waals surface area contributed by atoms with Crippen molar-refractivity contribution < 1.29 is 4.74 Å². The fraction of sp³-hybridized carbons (Fsp3) is 0.111. The fourth-order valence-corrected chi connectivity index (χ4v) is 2.65. The van der Waals surface area contributed by atoms with Crippen molar-refractivity contribution in [2.75, 3.05) is 7.11 Å². The van der Waals surface area contributed by atoms with Gasteiger partial charge in [0.05, 0.1) is 19.3 Å². The molecule has 0 spiro atoms. The fourth-order valence-electron chi connectivity index (χ4n) is 2.65. The lowest BCUT2D eigenvalue weighted by Gasteiger charge is -2.07. The Kier molecular flexibility index (Phi) is 3.74. The van der Waals surface area contributed by atoms with Crippen LogP contribution in [0, 0.1) is 0 Å². The van der Waals surface area contributed by atoms with Crippen LogP contribution < -0.4 is 10.3 Å². The molecule has 0 amide bonds. The number of pyridine rings is 1. The molecule has 0 radical (unpaired) electrons. The first-order chi connectivity index (χ1) is 12.3. The minimum Gasteiger partial charge on any atom is -0.481 e. The molecule has 124 valence electrons. The smallest absolute Gasteiger partial charge is 0.281 e. The molecule has 0 saturated carbocycles. The van der Waals surface area contributed by atoms with Gasteiger partial charge in [0.15, 0.2) is 11.2 Å². The molecule has 0 N–H and O–H groups in total. The third-order valence-electron chi connectivity index (χ3n) is 3.88. The molecule has 0 unspecified atom stereocenters. The van der Waals surface area contributed by atoms with E-state index in [9.17, 15) is 4.79 Å². The van der Waals surface area contributed by atoms with Crippen LogP contribution in [0.1, 0.15) is 5.69 Å². The Balaban J connectivity index is 1.75. The molecular weight excluding hydrogens is 318 g/mol. The molecule has 0 saturated heterocycles. The van der Waals surface area contributed by atoms with Crippen LogP contribution in [-0.2, 0) is 6.54 Å². The summed E-state index contributed by atoms with van der Waals surface area (Å²) in [4.78, 5) is 25.7. The van der Waals surface area contributed by atoms with Gasteiger partial charge in [0.25, 0.3) is 5.56 Å². The molecule has 4 rings (SSSR count). The van der Waals surface area contributed by atoms with Gasteiger partial charge in [-0.05, 0) is 18.2 Å². The van der Waals surface area contributed by atoms with E-state index in [2.05, 4.69) is 15.0 Å².